The topological polar surface area (TPSA) is 45.2 Å². The maximum absolute atomic E-state index is 12.1. The third-order valence-corrected chi connectivity index (χ3v) is 4.18. The molecule has 0 saturated heterocycles. The lowest BCUT2D eigenvalue weighted by Gasteiger charge is -2.26. The Morgan fingerprint density at radius 1 is 1.33 bits per heavy atom. The van der Waals surface area contributed by atoms with Gasteiger partial charge in [-0.3, -0.25) is 0 Å². The minimum absolute atomic E-state index is 0.0219. The molecular weight excluding hydrogens is 282 g/mol. The van der Waals surface area contributed by atoms with Gasteiger partial charge in [-0.1, -0.05) is 36.4 Å². The minimum Gasteiger partial charge on any atom is -0.332 e. The van der Waals surface area contributed by atoms with Crippen LogP contribution in [0.2, 0.25) is 0 Å². The molecule has 0 spiro atoms. The third-order valence-electron chi connectivity index (χ3n) is 3.55. The molecule has 5 heteroatoms. The van der Waals surface area contributed by atoms with Crippen molar-refractivity contribution in [1.29, 1.82) is 0 Å². The van der Waals surface area contributed by atoms with E-state index in [1.807, 2.05) is 28.5 Å². The fourth-order valence-electron chi connectivity index (χ4n) is 2.37. The molecular formula is C16H17N3OS. The Labute approximate surface area is 128 Å². The van der Waals surface area contributed by atoms with Gasteiger partial charge in [0, 0.05) is 18.5 Å². The highest BCUT2D eigenvalue weighted by Gasteiger charge is 2.17. The number of carbonyl (C=O) groups is 1. The number of aromatic nitrogens is 1. The van der Waals surface area contributed by atoms with Gasteiger partial charge in [0.2, 0.25) is 0 Å². The first kappa shape index (κ1) is 13.8. The van der Waals surface area contributed by atoms with E-state index in [9.17, 15) is 4.79 Å². The summed E-state index contributed by atoms with van der Waals surface area (Å²) in [6.07, 6.45) is 3.04. The lowest BCUT2D eigenvalue weighted by atomic mass is 10.00. The quantitative estimate of drug-likeness (QED) is 0.946. The van der Waals surface area contributed by atoms with Crippen molar-refractivity contribution in [2.75, 3.05) is 13.1 Å². The average Bonchev–Trinajstić information content (AvgIpc) is 3.07. The zero-order valence-corrected chi connectivity index (χ0v) is 12.5. The molecule has 2 aromatic rings. The summed E-state index contributed by atoms with van der Waals surface area (Å²) in [5.41, 5.74) is 5.25. The summed E-state index contributed by atoms with van der Waals surface area (Å²) in [7, 11) is 0. The van der Waals surface area contributed by atoms with Crippen LogP contribution in [-0.2, 0) is 6.54 Å². The zero-order chi connectivity index (χ0) is 14.5. The molecule has 1 N–H and O–H groups in total. The maximum atomic E-state index is 12.1. The normalized spacial score (nSPS) is 14.7. The number of nitrogens with one attached hydrogen (secondary N) is 1. The highest BCUT2D eigenvalue weighted by molar-refractivity contribution is 7.07. The highest BCUT2D eigenvalue weighted by Crippen LogP contribution is 2.21. The molecule has 2 heterocycles. The molecule has 4 nitrogen and oxygen atoms in total. The summed E-state index contributed by atoms with van der Waals surface area (Å²) < 4.78 is 0. The molecule has 1 aliphatic rings. The van der Waals surface area contributed by atoms with Gasteiger partial charge in [-0.25, -0.2) is 9.78 Å². The molecule has 1 aromatic heterocycles. The van der Waals surface area contributed by atoms with E-state index in [1.54, 1.807) is 5.51 Å². The smallest absolute Gasteiger partial charge is 0.318 e. The number of hydrogen-bond acceptors (Lipinski definition) is 3. The first-order valence-corrected chi connectivity index (χ1v) is 7.91. The van der Waals surface area contributed by atoms with Crippen molar-refractivity contribution in [2.24, 2.45) is 0 Å². The summed E-state index contributed by atoms with van der Waals surface area (Å²) in [5, 5.41) is 4.86. The third kappa shape index (κ3) is 3.49. The second-order valence-corrected chi connectivity index (χ2v) is 5.65. The van der Waals surface area contributed by atoms with Crippen LogP contribution in [0.3, 0.4) is 0 Å². The highest BCUT2D eigenvalue weighted by atomic mass is 32.1. The Hall–Kier alpha value is -2.14. The van der Waals surface area contributed by atoms with Gasteiger partial charge in [0.05, 0.1) is 17.7 Å². The van der Waals surface area contributed by atoms with E-state index in [0.717, 1.165) is 18.7 Å². The van der Waals surface area contributed by atoms with Gasteiger partial charge in [-0.05, 0) is 17.6 Å². The Balaban J connectivity index is 1.55. The van der Waals surface area contributed by atoms with Crippen LogP contribution in [0.4, 0.5) is 4.79 Å². The van der Waals surface area contributed by atoms with Crippen LogP contribution >= 0.6 is 11.3 Å². The molecule has 108 valence electrons. The van der Waals surface area contributed by atoms with E-state index in [2.05, 4.69) is 28.5 Å². The largest absolute Gasteiger partial charge is 0.332 e. The molecule has 0 bridgehead atoms. The molecule has 0 radical (unpaired) electrons. The molecule has 0 aliphatic carbocycles. The van der Waals surface area contributed by atoms with Crippen molar-refractivity contribution < 1.29 is 4.79 Å². The predicted molar refractivity (Wildman–Crippen MR) is 85.0 cm³/mol. The van der Waals surface area contributed by atoms with Crippen molar-refractivity contribution in [3.05, 3.63) is 58.6 Å². The summed E-state index contributed by atoms with van der Waals surface area (Å²) in [6.45, 7) is 1.91. The molecule has 3 rings (SSSR count). The number of rotatable bonds is 3. The number of thiazole rings is 1. The Bertz CT molecular complexity index is 622. The van der Waals surface area contributed by atoms with Crippen molar-refractivity contribution in [1.82, 2.24) is 15.2 Å². The minimum atomic E-state index is -0.0219. The number of amides is 2. The molecule has 0 unspecified atom stereocenters. The average molecular weight is 299 g/mol. The second-order valence-electron chi connectivity index (χ2n) is 4.93. The van der Waals surface area contributed by atoms with Gasteiger partial charge in [0.25, 0.3) is 0 Å². The fourth-order valence-corrected chi connectivity index (χ4v) is 2.93. The zero-order valence-electron chi connectivity index (χ0n) is 11.7. The Morgan fingerprint density at radius 3 is 2.86 bits per heavy atom. The van der Waals surface area contributed by atoms with Gasteiger partial charge >= 0.3 is 6.03 Å². The van der Waals surface area contributed by atoms with Crippen LogP contribution in [0, 0.1) is 0 Å². The van der Waals surface area contributed by atoms with E-state index in [1.165, 1.54) is 22.5 Å². The van der Waals surface area contributed by atoms with Gasteiger partial charge in [-0.15, -0.1) is 11.3 Å². The predicted octanol–water partition coefficient (Wildman–Crippen LogP) is 3.14. The van der Waals surface area contributed by atoms with Gasteiger partial charge in [-0.2, -0.15) is 0 Å². The van der Waals surface area contributed by atoms with Crippen molar-refractivity contribution in [3.63, 3.8) is 0 Å². The van der Waals surface area contributed by atoms with Gasteiger partial charge < -0.3 is 10.2 Å². The van der Waals surface area contributed by atoms with E-state index < -0.39 is 0 Å². The molecule has 0 atom stereocenters. The van der Waals surface area contributed by atoms with Crippen LogP contribution in [-0.4, -0.2) is 29.0 Å². The van der Waals surface area contributed by atoms with E-state index >= 15 is 0 Å². The van der Waals surface area contributed by atoms with E-state index in [4.69, 9.17) is 0 Å². The first-order chi connectivity index (χ1) is 10.3. The number of benzene rings is 1. The van der Waals surface area contributed by atoms with Crippen molar-refractivity contribution >= 4 is 22.9 Å². The maximum Gasteiger partial charge on any atom is 0.318 e. The summed E-state index contributed by atoms with van der Waals surface area (Å²) in [5.74, 6) is 0. The number of carbonyl (C=O) groups excluding carboxylic acids is 1. The van der Waals surface area contributed by atoms with Crippen LogP contribution in [0.15, 0.2) is 47.3 Å². The SMILES string of the molecule is O=C(NCc1cscn1)N1CC=C(c2ccccc2)CC1. The second kappa shape index (κ2) is 6.54. The van der Waals surface area contributed by atoms with E-state index in [-0.39, 0.29) is 6.03 Å². The summed E-state index contributed by atoms with van der Waals surface area (Å²) in [4.78, 5) is 18.1. The molecule has 1 aromatic carbocycles. The van der Waals surface area contributed by atoms with Crippen LogP contribution in [0.25, 0.3) is 5.57 Å². The number of nitrogens with zero attached hydrogens (tertiary/aromatic N) is 2. The lowest BCUT2D eigenvalue weighted by molar-refractivity contribution is 0.202. The lowest BCUT2D eigenvalue weighted by Crippen LogP contribution is -2.41. The Kier molecular flexibility index (Phi) is 4.31. The summed E-state index contributed by atoms with van der Waals surface area (Å²) in [6, 6.07) is 10.3. The van der Waals surface area contributed by atoms with Gasteiger partial charge in [0.15, 0.2) is 0 Å². The monoisotopic (exact) mass is 299 g/mol. The van der Waals surface area contributed by atoms with Crippen LogP contribution < -0.4 is 5.32 Å². The van der Waals surface area contributed by atoms with Crippen molar-refractivity contribution in [2.45, 2.75) is 13.0 Å². The number of hydrogen-bond donors (Lipinski definition) is 1. The number of urea groups is 1. The summed E-state index contributed by atoms with van der Waals surface area (Å²) >= 11 is 1.54. The molecule has 0 saturated carbocycles. The molecule has 0 fully saturated rings. The fraction of sp³-hybridized carbons (Fsp3) is 0.250. The first-order valence-electron chi connectivity index (χ1n) is 6.97. The van der Waals surface area contributed by atoms with Gasteiger partial charge in [0.1, 0.15) is 0 Å². The van der Waals surface area contributed by atoms with Crippen LogP contribution in [0.5, 0.6) is 0 Å². The molecule has 21 heavy (non-hydrogen) atoms. The Morgan fingerprint density at radius 2 is 2.19 bits per heavy atom. The van der Waals surface area contributed by atoms with E-state index in [0.29, 0.717) is 13.1 Å². The standard InChI is InChI=1S/C16H17N3OS/c20-16(17-10-15-11-21-12-18-15)19-8-6-14(7-9-19)13-4-2-1-3-5-13/h1-6,11-12H,7-10H2,(H,17,20). The molecule has 1 aliphatic heterocycles. The molecule has 2 amide bonds. The van der Waals surface area contributed by atoms with Crippen molar-refractivity contribution in [3.8, 4) is 0 Å². The van der Waals surface area contributed by atoms with Crippen LogP contribution in [0.1, 0.15) is 17.7 Å².